The Hall–Kier alpha value is -0.810. The largest absolute Gasteiger partial charge is 0.314 e. The van der Waals surface area contributed by atoms with Crippen molar-refractivity contribution in [3.63, 3.8) is 0 Å². The predicted octanol–water partition coefficient (Wildman–Crippen LogP) is 3.37. The second-order valence-electron chi connectivity index (χ2n) is 3.92. The van der Waals surface area contributed by atoms with E-state index in [-0.39, 0.29) is 5.66 Å². The molecule has 0 saturated carbocycles. The second-order valence-corrected chi connectivity index (χ2v) is 7.34. The second kappa shape index (κ2) is 3.40. The lowest BCUT2D eigenvalue weighted by Gasteiger charge is -2.19. The minimum atomic E-state index is -2.24. The summed E-state index contributed by atoms with van der Waals surface area (Å²) >= 11 is 0. The molecular weight excluding hydrogens is 191 g/mol. The first-order valence-corrected chi connectivity index (χ1v) is 6.76. The van der Waals surface area contributed by atoms with E-state index in [9.17, 15) is 4.57 Å². The van der Waals surface area contributed by atoms with Crippen LogP contribution >= 0.6 is 7.14 Å². The summed E-state index contributed by atoms with van der Waals surface area (Å²) in [7, 11) is -2.24. The van der Waals surface area contributed by atoms with Gasteiger partial charge in [-0.2, -0.15) is 0 Å². The highest BCUT2D eigenvalue weighted by molar-refractivity contribution is 7.76. The molecule has 0 saturated heterocycles. The zero-order valence-electron chi connectivity index (χ0n) is 8.60. The molecule has 1 aromatic rings. The van der Waals surface area contributed by atoms with Crippen molar-refractivity contribution in [2.45, 2.75) is 25.9 Å². The summed E-state index contributed by atoms with van der Waals surface area (Å²) in [5, 5.41) is 2.09. The molecule has 1 nitrogen and oxygen atoms in total. The standard InChI is InChI=1S/C12H15OP/c1-10-8-9-11(2)14(10,13)12-6-4-3-5-7-12/h3-8,11H,9H2,1-2H3/t11-,14-/m1/s1. The fourth-order valence-electron chi connectivity index (χ4n) is 2.08. The molecular formula is C12H15OP. The third-order valence-corrected chi connectivity index (χ3v) is 6.79. The van der Waals surface area contributed by atoms with Crippen LogP contribution < -0.4 is 5.30 Å². The van der Waals surface area contributed by atoms with E-state index in [1.54, 1.807) is 0 Å². The van der Waals surface area contributed by atoms with Gasteiger partial charge in [-0.3, -0.25) is 0 Å². The molecule has 0 aliphatic carbocycles. The van der Waals surface area contributed by atoms with Crippen molar-refractivity contribution in [2.24, 2.45) is 0 Å². The van der Waals surface area contributed by atoms with Crippen LogP contribution in [0.2, 0.25) is 0 Å². The van der Waals surface area contributed by atoms with Crippen LogP contribution in [0, 0.1) is 0 Å². The zero-order valence-corrected chi connectivity index (χ0v) is 9.50. The Kier molecular flexibility index (Phi) is 2.36. The minimum Gasteiger partial charge on any atom is -0.314 e. The smallest absolute Gasteiger partial charge is 0.141 e. The zero-order chi connectivity index (χ0) is 10.2. The molecule has 14 heavy (non-hydrogen) atoms. The lowest BCUT2D eigenvalue weighted by atomic mass is 10.3. The van der Waals surface area contributed by atoms with Crippen LogP contribution in [0.5, 0.6) is 0 Å². The molecule has 0 spiro atoms. The highest BCUT2D eigenvalue weighted by Crippen LogP contribution is 2.61. The Labute approximate surface area is 85.2 Å². The molecule has 2 atom stereocenters. The van der Waals surface area contributed by atoms with E-state index in [0.717, 1.165) is 17.0 Å². The van der Waals surface area contributed by atoms with Crippen molar-refractivity contribution in [2.75, 3.05) is 0 Å². The lowest BCUT2D eigenvalue weighted by Crippen LogP contribution is -2.11. The molecule has 0 N–H and O–H groups in total. The SMILES string of the molecule is CC1=CC[C@@H](C)[P@@]1(=O)c1ccccc1. The van der Waals surface area contributed by atoms with E-state index in [0.29, 0.717) is 0 Å². The first kappa shape index (κ1) is 9.73. The predicted molar refractivity (Wildman–Crippen MR) is 61.5 cm³/mol. The van der Waals surface area contributed by atoms with Gasteiger partial charge in [0.1, 0.15) is 7.14 Å². The highest BCUT2D eigenvalue weighted by Gasteiger charge is 2.36. The monoisotopic (exact) mass is 206 g/mol. The molecule has 74 valence electrons. The summed E-state index contributed by atoms with van der Waals surface area (Å²) in [5.41, 5.74) is 0.282. The Morgan fingerprint density at radius 3 is 2.43 bits per heavy atom. The molecule has 1 aliphatic heterocycles. The van der Waals surface area contributed by atoms with Gasteiger partial charge in [0.05, 0.1) is 0 Å². The molecule has 1 heterocycles. The molecule has 0 aromatic heterocycles. The van der Waals surface area contributed by atoms with Gasteiger partial charge in [-0.05, 0) is 18.7 Å². The summed E-state index contributed by atoms with van der Waals surface area (Å²) in [6.45, 7) is 4.08. The molecule has 1 aromatic carbocycles. The third-order valence-electron chi connectivity index (χ3n) is 3.04. The van der Waals surface area contributed by atoms with Gasteiger partial charge in [-0.1, -0.05) is 43.3 Å². The normalized spacial score (nSPS) is 31.6. The van der Waals surface area contributed by atoms with E-state index in [1.165, 1.54) is 0 Å². The van der Waals surface area contributed by atoms with Crippen molar-refractivity contribution < 1.29 is 4.57 Å². The molecule has 0 bridgehead atoms. The van der Waals surface area contributed by atoms with Gasteiger partial charge >= 0.3 is 0 Å². The molecule has 0 fully saturated rings. The summed E-state index contributed by atoms with van der Waals surface area (Å²) in [4.78, 5) is 0. The minimum absolute atomic E-state index is 0.282. The van der Waals surface area contributed by atoms with Crippen molar-refractivity contribution in [3.05, 3.63) is 41.7 Å². The summed E-state index contributed by atoms with van der Waals surface area (Å²) in [6, 6.07) is 9.87. The van der Waals surface area contributed by atoms with E-state index in [2.05, 4.69) is 13.0 Å². The number of hydrogen-bond donors (Lipinski definition) is 0. The van der Waals surface area contributed by atoms with Crippen LogP contribution in [0.3, 0.4) is 0 Å². The van der Waals surface area contributed by atoms with Crippen LogP contribution in [0.1, 0.15) is 20.3 Å². The van der Waals surface area contributed by atoms with Crippen LogP contribution in [0.4, 0.5) is 0 Å². The van der Waals surface area contributed by atoms with Gasteiger partial charge in [0.25, 0.3) is 0 Å². The third kappa shape index (κ3) is 1.27. The summed E-state index contributed by atoms with van der Waals surface area (Å²) in [5.74, 6) is 0. The van der Waals surface area contributed by atoms with Crippen molar-refractivity contribution in [3.8, 4) is 0 Å². The van der Waals surface area contributed by atoms with E-state index in [4.69, 9.17) is 0 Å². The van der Waals surface area contributed by atoms with Gasteiger partial charge in [0.2, 0.25) is 0 Å². The topological polar surface area (TPSA) is 17.1 Å². The van der Waals surface area contributed by atoms with Crippen LogP contribution in [-0.4, -0.2) is 5.66 Å². The summed E-state index contributed by atoms with van der Waals surface area (Å²) < 4.78 is 12.8. The number of hydrogen-bond acceptors (Lipinski definition) is 1. The van der Waals surface area contributed by atoms with Crippen molar-refractivity contribution in [1.82, 2.24) is 0 Å². The number of allylic oxidation sites excluding steroid dienone is 2. The summed E-state index contributed by atoms with van der Waals surface area (Å²) in [6.07, 6.45) is 3.08. The maximum Gasteiger partial charge on any atom is 0.141 e. The van der Waals surface area contributed by atoms with Crippen molar-refractivity contribution in [1.29, 1.82) is 0 Å². The first-order chi connectivity index (χ1) is 6.65. The Balaban J connectivity index is 2.53. The Morgan fingerprint density at radius 2 is 1.93 bits per heavy atom. The molecule has 0 unspecified atom stereocenters. The first-order valence-electron chi connectivity index (χ1n) is 4.98. The molecule has 2 heteroatoms. The van der Waals surface area contributed by atoms with Crippen molar-refractivity contribution >= 4 is 12.4 Å². The van der Waals surface area contributed by atoms with Crippen LogP contribution in [0.15, 0.2) is 41.7 Å². The average Bonchev–Trinajstić information content (AvgIpc) is 2.49. The average molecular weight is 206 g/mol. The molecule has 0 radical (unpaired) electrons. The fourth-order valence-corrected chi connectivity index (χ4v) is 5.09. The Morgan fingerprint density at radius 1 is 1.29 bits per heavy atom. The lowest BCUT2D eigenvalue weighted by molar-refractivity contribution is 0.580. The van der Waals surface area contributed by atoms with Crippen LogP contribution in [-0.2, 0) is 4.57 Å². The maximum atomic E-state index is 12.8. The van der Waals surface area contributed by atoms with E-state index >= 15 is 0 Å². The highest BCUT2D eigenvalue weighted by atomic mass is 31.2. The fraction of sp³-hybridized carbons (Fsp3) is 0.333. The molecule has 0 amide bonds. The molecule has 2 rings (SSSR count). The van der Waals surface area contributed by atoms with E-state index < -0.39 is 7.14 Å². The number of rotatable bonds is 1. The van der Waals surface area contributed by atoms with Gasteiger partial charge < -0.3 is 4.57 Å². The Bertz CT molecular complexity index is 406. The molecule has 1 aliphatic rings. The van der Waals surface area contributed by atoms with Gasteiger partial charge in [-0.15, -0.1) is 0 Å². The van der Waals surface area contributed by atoms with Crippen LogP contribution in [0.25, 0.3) is 0 Å². The van der Waals surface area contributed by atoms with Gasteiger partial charge in [0.15, 0.2) is 0 Å². The maximum absolute atomic E-state index is 12.8. The quantitative estimate of drug-likeness (QED) is 0.644. The van der Waals surface area contributed by atoms with Gasteiger partial charge in [0, 0.05) is 11.0 Å². The number of benzene rings is 1. The van der Waals surface area contributed by atoms with Gasteiger partial charge in [-0.25, -0.2) is 0 Å². The van der Waals surface area contributed by atoms with E-state index in [1.807, 2.05) is 37.3 Å².